The molecular weight excluding hydrogens is 407 g/mol. The van der Waals surface area contributed by atoms with E-state index in [1.165, 1.54) is 39.2 Å². The smallest absolute Gasteiger partial charge is 0.191 e. The summed E-state index contributed by atoms with van der Waals surface area (Å²) in [4.78, 5) is 6.97. The van der Waals surface area contributed by atoms with E-state index in [-0.39, 0.29) is 5.82 Å². The lowest BCUT2D eigenvalue weighted by Gasteiger charge is -2.57. The first-order valence-corrected chi connectivity index (χ1v) is 12.3. The maximum absolute atomic E-state index is 14.0. The first-order chi connectivity index (χ1) is 15.6. The molecule has 176 valence electrons. The Kier molecular flexibility index (Phi) is 6.30. The van der Waals surface area contributed by atoms with Gasteiger partial charge in [0.2, 0.25) is 0 Å². The standard InChI is InChI=1S/C25H37FN4O2/c1-27-24(29-22-19-9-14-32-23(19)25(22)10-3-4-11-25)28-18-7-12-30(13-8-18)16-17-5-6-21(31-2)20(26)15-17/h5-6,15,18-19,22-23H,3-4,7-14,16H2,1-2H3,(H2,27,28,29). The normalized spacial score (nSPS) is 30.2. The molecule has 6 nitrogen and oxygen atoms in total. The zero-order valence-corrected chi connectivity index (χ0v) is 19.4. The molecule has 32 heavy (non-hydrogen) atoms. The van der Waals surface area contributed by atoms with Crippen molar-refractivity contribution in [3.05, 3.63) is 29.6 Å². The van der Waals surface area contributed by atoms with Crippen LogP contribution < -0.4 is 15.4 Å². The fraction of sp³-hybridized carbons (Fsp3) is 0.720. The van der Waals surface area contributed by atoms with Gasteiger partial charge in [-0.05, 0) is 49.8 Å². The number of halogens is 1. The highest BCUT2D eigenvalue weighted by molar-refractivity contribution is 5.80. The van der Waals surface area contributed by atoms with Crippen LogP contribution in [0.1, 0.15) is 50.5 Å². The third-order valence-corrected chi connectivity index (χ3v) is 8.35. The number of nitrogens with one attached hydrogen (secondary N) is 2. The Balaban J connectivity index is 1.12. The van der Waals surface area contributed by atoms with Crippen LogP contribution in [0.15, 0.2) is 23.2 Å². The van der Waals surface area contributed by atoms with Gasteiger partial charge in [-0.1, -0.05) is 18.9 Å². The van der Waals surface area contributed by atoms with Gasteiger partial charge in [-0.3, -0.25) is 9.89 Å². The van der Waals surface area contributed by atoms with E-state index in [9.17, 15) is 4.39 Å². The number of rotatable bonds is 5. The van der Waals surface area contributed by atoms with Crippen molar-refractivity contribution in [2.75, 3.05) is 33.9 Å². The van der Waals surface area contributed by atoms with Crippen LogP contribution in [-0.2, 0) is 11.3 Å². The van der Waals surface area contributed by atoms with Crippen molar-refractivity contribution in [3.8, 4) is 5.75 Å². The molecule has 2 aliphatic heterocycles. The molecule has 1 aromatic carbocycles. The Morgan fingerprint density at radius 3 is 2.69 bits per heavy atom. The summed E-state index contributed by atoms with van der Waals surface area (Å²) in [6.07, 6.45) is 8.98. The van der Waals surface area contributed by atoms with Crippen LogP contribution in [0.5, 0.6) is 5.75 Å². The summed E-state index contributed by atoms with van der Waals surface area (Å²) in [5, 5.41) is 7.51. The van der Waals surface area contributed by atoms with E-state index in [1.54, 1.807) is 12.1 Å². The van der Waals surface area contributed by atoms with Crippen LogP contribution in [0.2, 0.25) is 0 Å². The first-order valence-electron chi connectivity index (χ1n) is 12.3. The van der Waals surface area contributed by atoms with Gasteiger partial charge in [0.25, 0.3) is 0 Å². The molecule has 4 aliphatic rings. The number of hydrogen-bond donors (Lipinski definition) is 2. The quantitative estimate of drug-likeness (QED) is 0.539. The topological polar surface area (TPSA) is 58.1 Å². The van der Waals surface area contributed by atoms with Gasteiger partial charge in [0.15, 0.2) is 17.5 Å². The van der Waals surface area contributed by atoms with Crippen LogP contribution >= 0.6 is 0 Å². The summed E-state index contributed by atoms with van der Waals surface area (Å²) in [5.74, 6) is 1.60. The Labute approximate surface area is 190 Å². The minimum Gasteiger partial charge on any atom is -0.494 e. The third kappa shape index (κ3) is 3.98. The molecule has 0 radical (unpaired) electrons. The molecule has 3 unspecified atom stereocenters. The van der Waals surface area contributed by atoms with Gasteiger partial charge in [-0.15, -0.1) is 0 Å². The Hall–Kier alpha value is -1.86. The molecule has 2 aliphatic carbocycles. The Morgan fingerprint density at radius 2 is 2.00 bits per heavy atom. The molecule has 2 N–H and O–H groups in total. The van der Waals surface area contributed by atoms with Crippen molar-refractivity contribution in [1.82, 2.24) is 15.5 Å². The lowest BCUT2D eigenvalue weighted by Crippen LogP contribution is -2.69. The number of methoxy groups -OCH3 is 1. The summed E-state index contributed by atoms with van der Waals surface area (Å²) < 4.78 is 25.2. The van der Waals surface area contributed by atoms with Crippen LogP contribution in [0.3, 0.4) is 0 Å². The van der Waals surface area contributed by atoms with Crippen molar-refractivity contribution in [1.29, 1.82) is 0 Å². The number of benzene rings is 1. The van der Waals surface area contributed by atoms with Gasteiger partial charge < -0.3 is 20.1 Å². The molecule has 1 aromatic rings. The predicted octanol–water partition coefficient (Wildman–Crippen LogP) is 3.31. The van der Waals surface area contributed by atoms with Crippen LogP contribution in [-0.4, -0.2) is 62.9 Å². The lowest BCUT2D eigenvalue weighted by molar-refractivity contribution is -0.125. The van der Waals surface area contributed by atoms with Crippen molar-refractivity contribution in [2.45, 2.75) is 69.7 Å². The molecule has 0 bridgehead atoms. The number of piperidine rings is 1. The molecule has 3 atom stereocenters. The largest absolute Gasteiger partial charge is 0.494 e. The number of fused-ring (bicyclic) bond motifs is 2. The van der Waals surface area contributed by atoms with Crippen LogP contribution in [0.4, 0.5) is 4.39 Å². The highest BCUT2D eigenvalue weighted by Crippen LogP contribution is 2.60. The van der Waals surface area contributed by atoms with Gasteiger partial charge in [-0.2, -0.15) is 0 Å². The maximum atomic E-state index is 14.0. The van der Waals surface area contributed by atoms with Gasteiger partial charge in [0.05, 0.1) is 13.2 Å². The molecule has 2 saturated heterocycles. The molecule has 2 saturated carbocycles. The minimum atomic E-state index is -0.289. The van der Waals surface area contributed by atoms with Crippen LogP contribution in [0, 0.1) is 17.2 Å². The minimum absolute atomic E-state index is 0.289. The number of aliphatic imine (C=N–C) groups is 1. The molecule has 5 rings (SSSR count). The molecule has 0 aromatic heterocycles. The number of guanidine groups is 1. The lowest BCUT2D eigenvalue weighted by atomic mass is 9.54. The fourth-order valence-corrected chi connectivity index (χ4v) is 6.72. The molecule has 4 fully saturated rings. The highest BCUT2D eigenvalue weighted by Gasteiger charge is 2.65. The second-order valence-corrected chi connectivity index (χ2v) is 10.0. The zero-order chi connectivity index (χ0) is 22.1. The second kappa shape index (κ2) is 9.18. The number of ether oxygens (including phenoxy) is 2. The van der Waals surface area contributed by atoms with Gasteiger partial charge in [0.1, 0.15) is 0 Å². The van der Waals surface area contributed by atoms with E-state index < -0.39 is 0 Å². The van der Waals surface area contributed by atoms with Crippen LogP contribution in [0.25, 0.3) is 0 Å². The van der Waals surface area contributed by atoms with Crippen molar-refractivity contribution < 1.29 is 13.9 Å². The van der Waals surface area contributed by atoms with E-state index in [0.717, 1.165) is 50.6 Å². The molecule has 2 heterocycles. The first kappa shape index (κ1) is 22.0. The molecule has 7 heteroatoms. The monoisotopic (exact) mass is 444 g/mol. The molecule has 0 amide bonds. The van der Waals surface area contributed by atoms with Gasteiger partial charge in [-0.25, -0.2) is 4.39 Å². The highest BCUT2D eigenvalue weighted by atomic mass is 19.1. The summed E-state index contributed by atoms with van der Waals surface area (Å²) in [5.41, 5.74) is 1.32. The van der Waals surface area contributed by atoms with Crippen molar-refractivity contribution in [3.63, 3.8) is 0 Å². The maximum Gasteiger partial charge on any atom is 0.191 e. The summed E-state index contributed by atoms with van der Waals surface area (Å²) in [6, 6.07) is 6.17. The summed E-state index contributed by atoms with van der Waals surface area (Å²) >= 11 is 0. The summed E-state index contributed by atoms with van der Waals surface area (Å²) in [7, 11) is 3.38. The van der Waals surface area contributed by atoms with E-state index >= 15 is 0 Å². The van der Waals surface area contributed by atoms with E-state index in [0.29, 0.717) is 35.3 Å². The number of likely N-dealkylation sites (tertiary alicyclic amines) is 1. The molecule has 1 spiro atoms. The third-order valence-electron chi connectivity index (χ3n) is 8.35. The SMILES string of the molecule is CN=C(NC1CCN(Cc2ccc(OC)c(F)c2)CC1)NC1C2CCOC2C12CCCC2. The van der Waals surface area contributed by atoms with Gasteiger partial charge in [0, 0.05) is 56.7 Å². The summed E-state index contributed by atoms with van der Waals surface area (Å²) in [6.45, 7) is 3.68. The van der Waals surface area contributed by atoms with Crippen molar-refractivity contribution in [2.24, 2.45) is 16.3 Å². The van der Waals surface area contributed by atoms with Crippen molar-refractivity contribution >= 4 is 5.96 Å². The number of hydrogen-bond acceptors (Lipinski definition) is 4. The van der Waals surface area contributed by atoms with E-state index in [4.69, 9.17) is 9.47 Å². The van der Waals surface area contributed by atoms with E-state index in [1.807, 2.05) is 13.1 Å². The average Bonchev–Trinajstić information content (AvgIpc) is 3.47. The second-order valence-electron chi connectivity index (χ2n) is 10.0. The van der Waals surface area contributed by atoms with E-state index in [2.05, 4.69) is 20.5 Å². The van der Waals surface area contributed by atoms with Gasteiger partial charge >= 0.3 is 0 Å². The number of nitrogens with zero attached hydrogens (tertiary/aromatic N) is 2. The Bertz CT molecular complexity index is 833. The predicted molar refractivity (Wildman–Crippen MR) is 123 cm³/mol. The average molecular weight is 445 g/mol. The Morgan fingerprint density at radius 1 is 1.22 bits per heavy atom. The molecular formula is C25H37FN4O2. The fourth-order valence-electron chi connectivity index (χ4n) is 6.72. The zero-order valence-electron chi connectivity index (χ0n) is 19.4.